The van der Waals surface area contributed by atoms with Gasteiger partial charge in [0, 0.05) is 0 Å². The number of primary amides is 1. The summed E-state index contributed by atoms with van der Waals surface area (Å²) < 4.78 is 0. The maximum absolute atomic E-state index is 11.3. The van der Waals surface area contributed by atoms with E-state index in [1.165, 1.54) is 0 Å². The van der Waals surface area contributed by atoms with Crippen LogP contribution >= 0.6 is 0 Å². The van der Waals surface area contributed by atoms with Crippen LogP contribution in [0.4, 0.5) is 4.79 Å². The van der Waals surface area contributed by atoms with Gasteiger partial charge in [0.25, 0.3) is 5.91 Å². The number of para-hydroxylation sites is 2. The molecule has 0 unspecified atom stereocenters. The summed E-state index contributed by atoms with van der Waals surface area (Å²) in [5, 5.41) is 1.93. The maximum atomic E-state index is 11.3. The number of amides is 3. The average molecular weight is 204 g/mol. The number of aromatic nitrogens is 2. The molecule has 1 aromatic heterocycles. The van der Waals surface area contributed by atoms with Gasteiger partial charge >= 0.3 is 6.03 Å². The van der Waals surface area contributed by atoms with Gasteiger partial charge in [-0.2, -0.15) is 0 Å². The van der Waals surface area contributed by atoms with Crippen molar-refractivity contribution in [2.75, 3.05) is 0 Å². The van der Waals surface area contributed by atoms with Crippen LogP contribution in [0.25, 0.3) is 11.0 Å². The molecule has 6 nitrogen and oxygen atoms in total. The second-order valence-electron chi connectivity index (χ2n) is 2.92. The van der Waals surface area contributed by atoms with Gasteiger partial charge in [-0.15, -0.1) is 0 Å². The van der Waals surface area contributed by atoms with E-state index in [1.807, 2.05) is 11.4 Å². The van der Waals surface area contributed by atoms with Crippen molar-refractivity contribution in [1.29, 1.82) is 0 Å². The first-order valence-corrected chi connectivity index (χ1v) is 4.22. The maximum Gasteiger partial charge on any atom is 0.319 e. The normalized spacial score (nSPS) is 10.1. The van der Waals surface area contributed by atoms with Gasteiger partial charge in [-0.25, -0.2) is 9.78 Å². The number of imidazole rings is 1. The Labute approximate surface area is 84.5 Å². The van der Waals surface area contributed by atoms with Gasteiger partial charge in [0.05, 0.1) is 11.0 Å². The zero-order valence-corrected chi connectivity index (χ0v) is 7.65. The lowest BCUT2D eigenvalue weighted by atomic mass is 10.3. The molecule has 1 heterocycles. The lowest BCUT2D eigenvalue weighted by Crippen LogP contribution is -2.35. The Balaban J connectivity index is 2.36. The predicted molar refractivity (Wildman–Crippen MR) is 53.1 cm³/mol. The third-order valence-electron chi connectivity index (χ3n) is 1.84. The first kappa shape index (κ1) is 9.20. The summed E-state index contributed by atoms with van der Waals surface area (Å²) in [7, 11) is 0. The van der Waals surface area contributed by atoms with Gasteiger partial charge in [0.1, 0.15) is 0 Å². The van der Waals surface area contributed by atoms with Crippen LogP contribution < -0.4 is 11.1 Å². The molecule has 0 aliphatic heterocycles. The van der Waals surface area contributed by atoms with Crippen LogP contribution in [-0.2, 0) is 0 Å². The highest BCUT2D eigenvalue weighted by Gasteiger charge is 2.12. The molecule has 15 heavy (non-hydrogen) atoms. The van der Waals surface area contributed by atoms with E-state index in [0.717, 1.165) is 5.52 Å². The molecule has 6 heteroatoms. The molecule has 2 rings (SSSR count). The number of H-pyrrole nitrogens is 1. The Hall–Kier alpha value is -2.37. The molecule has 0 bridgehead atoms. The number of hydrogen-bond acceptors (Lipinski definition) is 3. The van der Waals surface area contributed by atoms with Crippen molar-refractivity contribution in [3.8, 4) is 0 Å². The number of benzene rings is 1. The number of imide groups is 1. The van der Waals surface area contributed by atoms with Gasteiger partial charge in [-0.1, -0.05) is 12.1 Å². The number of hydrogen-bond donors (Lipinski definition) is 3. The molecular weight excluding hydrogens is 196 g/mol. The summed E-state index contributed by atoms with van der Waals surface area (Å²) in [6.07, 6.45) is 0. The molecule has 0 aliphatic carbocycles. The lowest BCUT2D eigenvalue weighted by molar-refractivity contribution is 0.0957. The fourth-order valence-electron chi connectivity index (χ4n) is 1.23. The summed E-state index contributed by atoms with van der Waals surface area (Å²) in [5.74, 6) is -0.575. The van der Waals surface area contributed by atoms with E-state index in [9.17, 15) is 9.59 Å². The van der Waals surface area contributed by atoms with Gasteiger partial charge in [0.15, 0.2) is 5.82 Å². The minimum absolute atomic E-state index is 0.0648. The second kappa shape index (κ2) is 3.41. The van der Waals surface area contributed by atoms with Crippen LogP contribution in [0.1, 0.15) is 10.6 Å². The van der Waals surface area contributed by atoms with E-state index in [4.69, 9.17) is 5.73 Å². The molecule has 1 aromatic carbocycles. The number of urea groups is 1. The van der Waals surface area contributed by atoms with Crippen molar-refractivity contribution < 1.29 is 9.59 Å². The van der Waals surface area contributed by atoms with Gasteiger partial charge in [0.2, 0.25) is 0 Å². The fraction of sp³-hybridized carbons (Fsp3) is 0. The number of nitrogens with two attached hydrogens (primary N) is 1. The van der Waals surface area contributed by atoms with Crippen molar-refractivity contribution in [3.63, 3.8) is 0 Å². The molecule has 0 saturated carbocycles. The molecule has 0 radical (unpaired) electrons. The van der Waals surface area contributed by atoms with E-state index in [1.54, 1.807) is 18.2 Å². The van der Waals surface area contributed by atoms with Gasteiger partial charge in [-0.3, -0.25) is 10.1 Å². The van der Waals surface area contributed by atoms with Crippen molar-refractivity contribution in [3.05, 3.63) is 30.1 Å². The highest BCUT2D eigenvalue weighted by Crippen LogP contribution is 2.09. The van der Waals surface area contributed by atoms with Crippen molar-refractivity contribution in [2.24, 2.45) is 5.73 Å². The Kier molecular flexibility index (Phi) is 2.09. The third-order valence-corrected chi connectivity index (χ3v) is 1.84. The number of aromatic amines is 1. The Morgan fingerprint density at radius 3 is 2.73 bits per heavy atom. The van der Waals surface area contributed by atoms with Crippen molar-refractivity contribution in [1.82, 2.24) is 15.3 Å². The molecule has 0 spiro atoms. The highest BCUT2D eigenvalue weighted by atomic mass is 16.2. The smallest absolute Gasteiger partial charge is 0.319 e. The van der Waals surface area contributed by atoms with Crippen LogP contribution in [0.2, 0.25) is 0 Å². The van der Waals surface area contributed by atoms with E-state index >= 15 is 0 Å². The molecule has 2 aromatic rings. The first-order valence-electron chi connectivity index (χ1n) is 4.22. The van der Waals surface area contributed by atoms with Crippen LogP contribution in [0, 0.1) is 0 Å². The van der Waals surface area contributed by atoms with E-state index in [2.05, 4.69) is 9.97 Å². The van der Waals surface area contributed by atoms with Crippen molar-refractivity contribution in [2.45, 2.75) is 0 Å². The van der Waals surface area contributed by atoms with Gasteiger partial charge < -0.3 is 10.7 Å². The van der Waals surface area contributed by atoms with E-state index in [-0.39, 0.29) is 5.82 Å². The van der Waals surface area contributed by atoms with Crippen LogP contribution in [-0.4, -0.2) is 21.9 Å². The largest absolute Gasteiger partial charge is 0.351 e. The lowest BCUT2D eigenvalue weighted by Gasteiger charge is -1.94. The van der Waals surface area contributed by atoms with Gasteiger partial charge in [-0.05, 0) is 12.1 Å². The number of carbonyl (C=O) groups is 2. The summed E-state index contributed by atoms with van der Waals surface area (Å²) in [6, 6.07) is 6.26. The van der Waals surface area contributed by atoms with E-state index < -0.39 is 11.9 Å². The summed E-state index contributed by atoms with van der Waals surface area (Å²) >= 11 is 0. The van der Waals surface area contributed by atoms with E-state index in [0.29, 0.717) is 5.52 Å². The quantitative estimate of drug-likeness (QED) is 0.625. The number of nitrogens with one attached hydrogen (secondary N) is 2. The number of carbonyl (C=O) groups excluding carboxylic acids is 2. The molecular formula is C9H8N4O2. The Morgan fingerprint density at radius 1 is 1.33 bits per heavy atom. The zero-order valence-electron chi connectivity index (χ0n) is 7.65. The van der Waals surface area contributed by atoms with Crippen molar-refractivity contribution >= 4 is 23.0 Å². The van der Waals surface area contributed by atoms with Crippen LogP contribution in [0.15, 0.2) is 24.3 Å². The molecule has 0 aliphatic rings. The Morgan fingerprint density at radius 2 is 2.07 bits per heavy atom. The average Bonchev–Trinajstić information content (AvgIpc) is 2.59. The number of rotatable bonds is 1. The predicted octanol–water partition coefficient (Wildman–Crippen LogP) is 0.371. The summed E-state index contributed by atoms with van der Waals surface area (Å²) in [4.78, 5) is 28.5. The molecule has 3 amide bonds. The molecule has 0 atom stereocenters. The fourth-order valence-corrected chi connectivity index (χ4v) is 1.23. The molecule has 0 fully saturated rings. The Bertz CT molecular complexity index is 499. The number of fused-ring (bicyclic) bond motifs is 1. The summed E-state index contributed by atoms with van der Waals surface area (Å²) in [5.41, 5.74) is 6.20. The first-order chi connectivity index (χ1) is 7.16. The standard InChI is InChI=1S/C9H8N4O2/c10-9(15)13-8(14)7-11-5-3-1-2-4-6(5)12-7/h1-4H,(H,11,12)(H3,10,13,14,15). The zero-order chi connectivity index (χ0) is 10.8. The minimum Gasteiger partial charge on any atom is -0.351 e. The molecule has 76 valence electrons. The SMILES string of the molecule is NC(=O)NC(=O)c1nc2ccccc2[nH]1. The summed E-state index contributed by atoms with van der Waals surface area (Å²) in [6.45, 7) is 0. The molecule has 4 N–H and O–H groups in total. The highest BCUT2D eigenvalue weighted by molar-refractivity contribution is 6.03. The third kappa shape index (κ3) is 1.78. The van der Waals surface area contributed by atoms with Crippen LogP contribution in [0.5, 0.6) is 0 Å². The topological polar surface area (TPSA) is 101 Å². The number of nitrogens with zero attached hydrogens (tertiary/aromatic N) is 1. The monoisotopic (exact) mass is 204 g/mol. The minimum atomic E-state index is -0.902. The van der Waals surface area contributed by atoms with Crippen LogP contribution in [0.3, 0.4) is 0 Å². The second-order valence-corrected chi connectivity index (χ2v) is 2.92. The molecule has 0 saturated heterocycles.